The Hall–Kier alpha value is -0.140. The molecular formula is C6H11F2. The van der Waals surface area contributed by atoms with Crippen molar-refractivity contribution in [3.63, 3.8) is 0 Å². The molecule has 0 aliphatic heterocycles. The molecule has 0 aromatic heterocycles. The average molecular weight is 121 g/mol. The van der Waals surface area contributed by atoms with Crippen molar-refractivity contribution in [2.75, 3.05) is 0 Å². The predicted molar refractivity (Wildman–Crippen MR) is 29.8 cm³/mol. The van der Waals surface area contributed by atoms with Crippen molar-refractivity contribution in [1.29, 1.82) is 0 Å². The van der Waals surface area contributed by atoms with Gasteiger partial charge in [-0.25, -0.2) is 8.78 Å². The summed E-state index contributed by atoms with van der Waals surface area (Å²) in [7, 11) is 0. The van der Waals surface area contributed by atoms with Crippen molar-refractivity contribution in [3.8, 4) is 0 Å². The van der Waals surface area contributed by atoms with E-state index in [2.05, 4.69) is 6.92 Å². The third-order valence-corrected chi connectivity index (χ3v) is 0.982. The molecule has 0 nitrogen and oxygen atoms in total. The summed E-state index contributed by atoms with van der Waals surface area (Å²) in [6.07, 6.45) is 0.222. The van der Waals surface area contributed by atoms with Crippen LogP contribution in [0.1, 0.15) is 26.2 Å². The van der Waals surface area contributed by atoms with Gasteiger partial charge in [-0.1, -0.05) is 13.3 Å². The monoisotopic (exact) mass is 121 g/mol. The summed E-state index contributed by atoms with van der Waals surface area (Å²) >= 11 is 0. The van der Waals surface area contributed by atoms with E-state index in [4.69, 9.17) is 0 Å². The van der Waals surface area contributed by atoms with Gasteiger partial charge in [-0.05, 0) is 6.92 Å². The maximum absolute atomic E-state index is 12.1. The summed E-state index contributed by atoms with van der Waals surface area (Å²) in [5, 5.41) is 0. The van der Waals surface area contributed by atoms with E-state index in [0.717, 1.165) is 0 Å². The highest BCUT2D eigenvalue weighted by molar-refractivity contribution is 4.65. The van der Waals surface area contributed by atoms with E-state index in [1.807, 2.05) is 0 Å². The van der Waals surface area contributed by atoms with Crippen molar-refractivity contribution >= 4 is 0 Å². The summed E-state index contributed by atoms with van der Waals surface area (Å²) in [5.41, 5.74) is 0. The Morgan fingerprint density at radius 1 is 1.50 bits per heavy atom. The molecule has 0 aliphatic carbocycles. The third kappa shape index (κ3) is 2.94. The van der Waals surface area contributed by atoms with Crippen LogP contribution >= 0.6 is 0 Å². The van der Waals surface area contributed by atoms with Crippen LogP contribution in [0.2, 0.25) is 0 Å². The molecule has 0 aromatic carbocycles. The van der Waals surface area contributed by atoms with Gasteiger partial charge in [0.25, 0.3) is 0 Å². The Morgan fingerprint density at radius 2 is 2.00 bits per heavy atom. The first-order valence-electron chi connectivity index (χ1n) is 2.79. The maximum Gasteiger partial charge on any atom is 0.248 e. The van der Waals surface area contributed by atoms with E-state index in [1.54, 1.807) is 6.92 Å². The Morgan fingerprint density at radius 3 is 2.12 bits per heavy atom. The van der Waals surface area contributed by atoms with Crippen LogP contribution < -0.4 is 0 Å². The Bertz CT molecular complexity index is 59.5. The Labute approximate surface area is 48.9 Å². The minimum absolute atomic E-state index is 0.0312. The lowest BCUT2D eigenvalue weighted by Crippen LogP contribution is -2.12. The van der Waals surface area contributed by atoms with E-state index < -0.39 is 5.92 Å². The zero-order valence-electron chi connectivity index (χ0n) is 5.08. The fourth-order valence-corrected chi connectivity index (χ4v) is 0.491. The second kappa shape index (κ2) is 3.00. The minimum atomic E-state index is -2.52. The lowest BCUT2D eigenvalue weighted by molar-refractivity contribution is -0.00572. The van der Waals surface area contributed by atoms with Crippen LogP contribution in [0.3, 0.4) is 0 Å². The molecule has 0 amide bonds. The van der Waals surface area contributed by atoms with Crippen molar-refractivity contribution in [2.45, 2.75) is 32.1 Å². The number of hydrogen-bond donors (Lipinski definition) is 0. The molecule has 0 rings (SSSR count). The van der Waals surface area contributed by atoms with Crippen molar-refractivity contribution in [1.82, 2.24) is 0 Å². The number of rotatable bonds is 3. The van der Waals surface area contributed by atoms with Crippen molar-refractivity contribution in [3.05, 3.63) is 6.92 Å². The molecular weight excluding hydrogens is 110 g/mol. The average Bonchev–Trinajstić information content (AvgIpc) is 1.67. The number of hydrogen-bond acceptors (Lipinski definition) is 0. The van der Waals surface area contributed by atoms with E-state index in [0.29, 0.717) is 6.42 Å². The Kier molecular flexibility index (Phi) is 2.95. The largest absolute Gasteiger partial charge is 0.248 e. The molecule has 0 aliphatic rings. The van der Waals surface area contributed by atoms with Crippen LogP contribution in [-0.2, 0) is 0 Å². The molecule has 49 valence electrons. The first-order chi connectivity index (χ1) is 3.62. The van der Waals surface area contributed by atoms with Crippen LogP contribution in [0, 0.1) is 6.92 Å². The molecule has 0 atom stereocenters. The number of halogens is 2. The SMILES string of the molecule is [CH2]CC(F)(F)CCC. The van der Waals surface area contributed by atoms with Gasteiger partial charge in [-0.15, -0.1) is 0 Å². The van der Waals surface area contributed by atoms with E-state index in [1.165, 1.54) is 0 Å². The molecule has 0 unspecified atom stereocenters. The third-order valence-electron chi connectivity index (χ3n) is 0.982. The molecule has 0 spiro atoms. The second-order valence-electron chi connectivity index (χ2n) is 1.86. The molecule has 2 heteroatoms. The van der Waals surface area contributed by atoms with Crippen LogP contribution in [0.25, 0.3) is 0 Å². The van der Waals surface area contributed by atoms with Gasteiger partial charge in [0.05, 0.1) is 0 Å². The highest BCUT2D eigenvalue weighted by Crippen LogP contribution is 2.22. The zero-order valence-corrected chi connectivity index (χ0v) is 5.08. The quantitative estimate of drug-likeness (QED) is 0.538. The molecule has 0 saturated heterocycles. The van der Waals surface area contributed by atoms with E-state index >= 15 is 0 Å². The fraction of sp³-hybridized carbons (Fsp3) is 0.833. The molecule has 0 heterocycles. The van der Waals surface area contributed by atoms with Crippen LogP contribution in [0.4, 0.5) is 8.78 Å². The van der Waals surface area contributed by atoms with Gasteiger partial charge < -0.3 is 0 Å². The van der Waals surface area contributed by atoms with E-state index in [9.17, 15) is 8.78 Å². The topological polar surface area (TPSA) is 0 Å². The molecule has 1 radical (unpaired) electrons. The first-order valence-corrected chi connectivity index (χ1v) is 2.79. The van der Waals surface area contributed by atoms with Gasteiger partial charge in [-0.3, -0.25) is 0 Å². The maximum atomic E-state index is 12.1. The molecule has 0 saturated carbocycles. The lowest BCUT2D eigenvalue weighted by atomic mass is 10.1. The standard InChI is InChI=1S/C6H11F2/c1-3-5-6(7,8)4-2/h2-5H2,1H3. The molecule has 0 N–H and O–H groups in total. The summed E-state index contributed by atoms with van der Waals surface area (Å²) in [5.74, 6) is -2.52. The van der Waals surface area contributed by atoms with E-state index in [-0.39, 0.29) is 12.8 Å². The highest BCUT2D eigenvalue weighted by atomic mass is 19.3. The van der Waals surface area contributed by atoms with Crippen molar-refractivity contribution in [2.24, 2.45) is 0 Å². The molecule has 0 fully saturated rings. The molecule has 8 heavy (non-hydrogen) atoms. The molecule has 0 aromatic rings. The van der Waals surface area contributed by atoms with Crippen LogP contribution in [-0.4, -0.2) is 5.92 Å². The summed E-state index contributed by atoms with van der Waals surface area (Å²) in [6.45, 7) is 4.87. The van der Waals surface area contributed by atoms with Gasteiger partial charge in [0, 0.05) is 12.8 Å². The van der Waals surface area contributed by atoms with Gasteiger partial charge in [0.1, 0.15) is 0 Å². The first kappa shape index (κ1) is 7.86. The normalized spacial score (nSPS) is 12.0. The van der Waals surface area contributed by atoms with Crippen LogP contribution in [0.5, 0.6) is 0 Å². The lowest BCUT2D eigenvalue weighted by Gasteiger charge is -2.10. The summed E-state index contributed by atoms with van der Waals surface area (Å²) in [4.78, 5) is 0. The smallest absolute Gasteiger partial charge is 0.207 e. The van der Waals surface area contributed by atoms with Gasteiger partial charge in [-0.2, -0.15) is 0 Å². The summed E-state index contributed by atoms with van der Waals surface area (Å²) < 4.78 is 24.2. The predicted octanol–water partition coefficient (Wildman–Crippen LogP) is 2.65. The fourth-order valence-electron chi connectivity index (χ4n) is 0.491. The summed E-state index contributed by atoms with van der Waals surface area (Å²) in [6, 6.07) is 0. The van der Waals surface area contributed by atoms with Gasteiger partial charge in [0.2, 0.25) is 5.92 Å². The zero-order chi connectivity index (χ0) is 6.62. The van der Waals surface area contributed by atoms with Gasteiger partial charge in [0.15, 0.2) is 0 Å². The Balaban J connectivity index is 3.37. The minimum Gasteiger partial charge on any atom is -0.207 e. The number of alkyl halides is 2. The molecule has 0 bridgehead atoms. The second-order valence-corrected chi connectivity index (χ2v) is 1.86. The highest BCUT2D eigenvalue weighted by Gasteiger charge is 2.23. The van der Waals surface area contributed by atoms with Crippen LogP contribution in [0.15, 0.2) is 0 Å². The van der Waals surface area contributed by atoms with Gasteiger partial charge >= 0.3 is 0 Å². The van der Waals surface area contributed by atoms with Crippen molar-refractivity contribution < 1.29 is 8.78 Å².